The zero-order valence-corrected chi connectivity index (χ0v) is 9.90. The lowest BCUT2D eigenvalue weighted by Crippen LogP contribution is -2.48. The fourth-order valence-corrected chi connectivity index (χ4v) is 1.67. The lowest BCUT2D eigenvalue weighted by Gasteiger charge is -2.27. The Bertz CT molecular complexity index is 447. The quantitative estimate of drug-likeness (QED) is 0.622. The number of likely N-dealkylation sites (tertiary alicyclic amines) is 1. The molecular formula is C9H11ClN4O3. The SMILES string of the molecule is CN1C(=O)CCC(Nc2nnc(CCl)o2)C1=O. The van der Waals surface area contributed by atoms with Crippen molar-refractivity contribution in [2.24, 2.45) is 0 Å². The van der Waals surface area contributed by atoms with E-state index in [9.17, 15) is 9.59 Å². The van der Waals surface area contributed by atoms with Crippen molar-refractivity contribution in [1.29, 1.82) is 0 Å². The summed E-state index contributed by atoms with van der Waals surface area (Å²) in [7, 11) is 1.45. The van der Waals surface area contributed by atoms with Crippen molar-refractivity contribution >= 4 is 29.4 Å². The molecule has 0 bridgehead atoms. The molecule has 0 spiro atoms. The first-order valence-electron chi connectivity index (χ1n) is 5.07. The highest BCUT2D eigenvalue weighted by Gasteiger charge is 2.32. The molecule has 1 unspecified atom stereocenters. The Kier molecular flexibility index (Phi) is 3.28. The summed E-state index contributed by atoms with van der Waals surface area (Å²) >= 11 is 5.51. The summed E-state index contributed by atoms with van der Waals surface area (Å²) < 4.78 is 5.13. The van der Waals surface area contributed by atoms with Gasteiger partial charge in [-0.2, -0.15) is 0 Å². The van der Waals surface area contributed by atoms with Gasteiger partial charge in [0.25, 0.3) is 5.91 Å². The number of nitrogens with one attached hydrogen (secondary N) is 1. The number of likely N-dealkylation sites (N-methyl/N-ethyl adjacent to an activating group) is 1. The van der Waals surface area contributed by atoms with Gasteiger partial charge in [-0.05, 0) is 6.42 Å². The Morgan fingerprint density at radius 3 is 2.94 bits per heavy atom. The second-order valence-corrected chi connectivity index (χ2v) is 3.93. The highest BCUT2D eigenvalue weighted by Crippen LogP contribution is 2.16. The standard InChI is InChI=1S/C9H11ClN4O3/c1-14-7(15)3-2-5(8(14)16)11-9-13-12-6(4-10)17-9/h5H,2-4H2,1H3,(H,11,13). The molecule has 17 heavy (non-hydrogen) atoms. The molecule has 1 aliphatic heterocycles. The molecule has 2 rings (SSSR count). The first-order chi connectivity index (χ1) is 8.11. The number of carbonyl (C=O) groups excluding carboxylic acids is 2. The molecule has 7 nitrogen and oxygen atoms in total. The van der Waals surface area contributed by atoms with Crippen LogP contribution in [0, 0.1) is 0 Å². The van der Waals surface area contributed by atoms with E-state index in [0.717, 1.165) is 4.90 Å². The molecule has 0 aromatic carbocycles. The van der Waals surface area contributed by atoms with Crippen molar-refractivity contribution in [2.45, 2.75) is 24.8 Å². The van der Waals surface area contributed by atoms with Crippen LogP contribution >= 0.6 is 11.6 Å². The summed E-state index contributed by atoms with van der Waals surface area (Å²) in [6, 6.07) is -0.372. The minimum Gasteiger partial charge on any atom is -0.407 e. The molecule has 2 heterocycles. The lowest BCUT2D eigenvalue weighted by molar-refractivity contribution is -0.146. The van der Waals surface area contributed by atoms with Gasteiger partial charge in [-0.3, -0.25) is 14.5 Å². The number of anilines is 1. The van der Waals surface area contributed by atoms with Crippen molar-refractivity contribution < 1.29 is 14.0 Å². The lowest BCUT2D eigenvalue weighted by atomic mass is 10.1. The van der Waals surface area contributed by atoms with Crippen molar-refractivity contribution in [3.8, 4) is 0 Å². The maximum atomic E-state index is 11.7. The van der Waals surface area contributed by atoms with Gasteiger partial charge in [0, 0.05) is 13.5 Å². The summed E-state index contributed by atoms with van der Waals surface area (Å²) in [6.45, 7) is 0. The first kappa shape index (κ1) is 11.8. The number of aromatic nitrogens is 2. The third kappa shape index (κ3) is 2.38. The molecule has 1 fully saturated rings. The Balaban J connectivity index is 2.04. The average molecular weight is 259 g/mol. The first-order valence-corrected chi connectivity index (χ1v) is 5.60. The normalized spacial score (nSPS) is 20.8. The van der Waals surface area contributed by atoms with Crippen LogP contribution in [0.25, 0.3) is 0 Å². The molecule has 1 atom stereocenters. The number of piperidine rings is 1. The molecule has 1 aliphatic rings. The Morgan fingerprint density at radius 1 is 1.53 bits per heavy atom. The van der Waals surface area contributed by atoms with E-state index in [0.29, 0.717) is 12.8 Å². The predicted octanol–water partition coefficient (Wildman–Crippen LogP) is 0.368. The van der Waals surface area contributed by atoms with Crippen LogP contribution in [0.3, 0.4) is 0 Å². The minimum absolute atomic E-state index is 0.117. The van der Waals surface area contributed by atoms with E-state index in [1.165, 1.54) is 7.05 Å². The predicted molar refractivity (Wildman–Crippen MR) is 58.3 cm³/mol. The van der Waals surface area contributed by atoms with Gasteiger partial charge in [0.15, 0.2) is 0 Å². The summed E-state index contributed by atoms with van der Waals surface area (Å²) in [5, 5.41) is 10.1. The fraction of sp³-hybridized carbons (Fsp3) is 0.556. The number of rotatable bonds is 3. The zero-order valence-electron chi connectivity index (χ0n) is 9.14. The maximum absolute atomic E-state index is 11.7. The summed E-state index contributed by atoms with van der Waals surface area (Å²) in [4.78, 5) is 24.1. The zero-order chi connectivity index (χ0) is 12.4. The number of hydrogen-bond acceptors (Lipinski definition) is 6. The second-order valence-electron chi connectivity index (χ2n) is 3.66. The number of amides is 2. The molecule has 1 aromatic rings. The van der Waals surface area contributed by atoms with E-state index in [2.05, 4.69) is 15.5 Å². The molecule has 0 radical (unpaired) electrons. The van der Waals surface area contributed by atoms with E-state index >= 15 is 0 Å². The molecule has 92 valence electrons. The van der Waals surface area contributed by atoms with Crippen molar-refractivity contribution in [3.63, 3.8) is 0 Å². The van der Waals surface area contributed by atoms with Gasteiger partial charge in [-0.15, -0.1) is 16.7 Å². The van der Waals surface area contributed by atoms with Crippen LogP contribution in [0.4, 0.5) is 6.01 Å². The van der Waals surface area contributed by atoms with Gasteiger partial charge in [0.05, 0.1) is 0 Å². The highest BCUT2D eigenvalue weighted by atomic mass is 35.5. The molecule has 8 heteroatoms. The summed E-state index contributed by atoms with van der Waals surface area (Å²) in [5.41, 5.74) is 0. The Hall–Kier alpha value is -1.63. The van der Waals surface area contributed by atoms with E-state index in [1.807, 2.05) is 0 Å². The number of alkyl halides is 1. The van der Waals surface area contributed by atoms with Crippen LogP contribution < -0.4 is 5.32 Å². The van der Waals surface area contributed by atoms with Gasteiger partial charge in [0.1, 0.15) is 11.9 Å². The van der Waals surface area contributed by atoms with Crippen LogP contribution in [0.2, 0.25) is 0 Å². The second kappa shape index (κ2) is 4.70. The molecule has 1 saturated heterocycles. The maximum Gasteiger partial charge on any atom is 0.316 e. The van der Waals surface area contributed by atoms with Crippen LogP contribution in [0.1, 0.15) is 18.7 Å². The van der Waals surface area contributed by atoms with Crippen LogP contribution in [0.5, 0.6) is 0 Å². The van der Waals surface area contributed by atoms with Gasteiger partial charge < -0.3 is 9.73 Å². The summed E-state index contributed by atoms with van der Waals surface area (Å²) in [6.07, 6.45) is 0.733. The van der Waals surface area contributed by atoms with Crippen molar-refractivity contribution in [2.75, 3.05) is 12.4 Å². The van der Waals surface area contributed by atoms with Gasteiger partial charge in [-0.25, -0.2) is 0 Å². The molecule has 1 aromatic heterocycles. The van der Waals surface area contributed by atoms with E-state index < -0.39 is 6.04 Å². The molecular weight excluding hydrogens is 248 g/mol. The van der Waals surface area contributed by atoms with Gasteiger partial charge in [0.2, 0.25) is 11.8 Å². The van der Waals surface area contributed by atoms with E-state index in [-0.39, 0.29) is 29.6 Å². The van der Waals surface area contributed by atoms with Crippen LogP contribution in [-0.2, 0) is 15.5 Å². The highest BCUT2D eigenvalue weighted by molar-refractivity contribution is 6.16. The number of hydrogen-bond donors (Lipinski definition) is 1. The molecule has 2 amide bonds. The molecule has 0 saturated carbocycles. The largest absolute Gasteiger partial charge is 0.407 e. The van der Waals surface area contributed by atoms with E-state index in [4.69, 9.17) is 16.0 Å². The number of halogens is 1. The van der Waals surface area contributed by atoms with Crippen molar-refractivity contribution in [3.05, 3.63) is 5.89 Å². The molecule has 0 aliphatic carbocycles. The molecule has 1 N–H and O–H groups in total. The smallest absolute Gasteiger partial charge is 0.316 e. The van der Waals surface area contributed by atoms with E-state index in [1.54, 1.807) is 0 Å². The monoisotopic (exact) mass is 258 g/mol. The fourth-order valence-electron chi connectivity index (χ4n) is 1.56. The van der Waals surface area contributed by atoms with Gasteiger partial charge in [-0.1, -0.05) is 5.10 Å². The third-order valence-corrected chi connectivity index (χ3v) is 2.76. The number of carbonyl (C=O) groups is 2. The van der Waals surface area contributed by atoms with Gasteiger partial charge >= 0.3 is 6.01 Å². The minimum atomic E-state index is -0.513. The number of imide groups is 1. The topological polar surface area (TPSA) is 88.3 Å². The third-order valence-electron chi connectivity index (χ3n) is 2.53. The number of nitrogens with zero attached hydrogens (tertiary/aromatic N) is 3. The Morgan fingerprint density at radius 2 is 2.29 bits per heavy atom. The van der Waals surface area contributed by atoms with Crippen LogP contribution in [0.15, 0.2) is 4.42 Å². The average Bonchev–Trinajstić information content (AvgIpc) is 2.78. The summed E-state index contributed by atoms with van der Waals surface area (Å²) in [5.74, 6) is -0.0835. The van der Waals surface area contributed by atoms with Crippen molar-refractivity contribution in [1.82, 2.24) is 15.1 Å². The van der Waals surface area contributed by atoms with Crippen LogP contribution in [-0.4, -0.2) is 40.0 Å². The Labute approximate surface area is 102 Å².